The molecule has 1 fully saturated rings. The molecule has 5 rings (SSSR count). The first-order chi connectivity index (χ1) is 15.7. The lowest BCUT2D eigenvalue weighted by Gasteiger charge is -2.37. The van der Waals surface area contributed by atoms with Gasteiger partial charge in [0.05, 0.1) is 6.10 Å². The molecule has 2 aliphatic rings. The predicted molar refractivity (Wildman–Crippen MR) is 130 cm³/mol. The highest BCUT2D eigenvalue weighted by Gasteiger charge is 2.48. The highest BCUT2D eigenvalue weighted by Crippen LogP contribution is 2.43. The molecule has 0 heterocycles. The Hall–Kier alpha value is -2.95. The summed E-state index contributed by atoms with van der Waals surface area (Å²) in [4.78, 5) is 11.5. The molecule has 0 aromatic heterocycles. The molecule has 0 radical (unpaired) electrons. The lowest BCUT2D eigenvalue weighted by Crippen LogP contribution is -2.70. The zero-order valence-corrected chi connectivity index (χ0v) is 19.3. The molecule has 0 N–H and O–H groups in total. The number of hydrogen-bond donors (Lipinski definition) is 0. The molecule has 2 aliphatic carbocycles. The summed E-state index contributed by atoms with van der Waals surface area (Å²) in [7, 11) is -2.74. The van der Waals surface area contributed by atoms with E-state index in [0.717, 1.165) is 19.3 Å². The maximum Gasteiger partial charge on any atom is 0.303 e. The van der Waals surface area contributed by atoms with Crippen molar-refractivity contribution in [1.29, 1.82) is 0 Å². The number of hydrogen-bond acceptors (Lipinski definition) is 3. The van der Waals surface area contributed by atoms with Gasteiger partial charge in [0.25, 0.3) is 8.32 Å². The van der Waals surface area contributed by atoms with Crippen LogP contribution in [0.4, 0.5) is 0 Å². The fraction of sp³-hybridized carbons (Fsp3) is 0.250. The SMILES string of the molecule is CC(=O)O[C@H]1C=C2CC[C@H](O[Si](c3ccccc3)(c3ccccc3)c3ccccc3)[C@H]2C1. The molecule has 0 unspecified atom stereocenters. The van der Waals surface area contributed by atoms with Gasteiger partial charge in [-0.1, -0.05) is 96.6 Å². The highest BCUT2D eigenvalue weighted by molar-refractivity contribution is 7.07. The molecule has 162 valence electrons. The van der Waals surface area contributed by atoms with Crippen LogP contribution in [0, 0.1) is 5.92 Å². The van der Waals surface area contributed by atoms with Gasteiger partial charge in [-0.05, 0) is 40.9 Å². The van der Waals surface area contributed by atoms with E-state index in [1.54, 1.807) is 0 Å². The predicted octanol–water partition coefficient (Wildman–Crippen LogP) is 3.71. The van der Waals surface area contributed by atoms with Gasteiger partial charge in [-0.3, -0.25) is 4.79 Å². The van der Waals surface area contributed by atoms with Gasteiger partial charge in [0.2, 0.25) is 0 Å². The molecular weight excluding hydrogens is 412 g/mol. The Labute approximate surface area is 190 Å². The Morgan fingerprint density at radius 3 is 1.78 bits per heavy atom. The summed E-state index contributed by atoms with van der Waals surface area (Å²) >= 11 is 0. The Bertz CT molecular complexity index is 999. The van der Waals surface area contributed by atoms with E-state index in [1.807, 2.05) is 0 Å². The first-order valence-electron chi connectivity index (χ1n) is 11.4. The van der Waals surface area contributed by atoms with Crippen molar-refractivity contribution in [3.05, 3.63) is 103 Å². The average molecular weight is 441 g/mol. The van der Waals surface area contributed by atoms with E-state index < -0.39 is 8.32 Å². The first kappa shape index (κ1) is 20.9. The van der Waals surface area contributed by atoms with Crippen LogP contribution in [-0.4, -0.2) is 26.5 Å². The summed E-state index contributed by atoms with van der Waals surface area (Å²) in [5.74, 6) is 0.0910. The van der Waals surface area contributed by atoms with Crippen LogP contribution in [0.25, 0.3) is 0 Å². The lowest BCUT2D eigenvalue weighted by atomic mass is 10.0. The molecule has 3 atom stereocenters. The molecule has 3 aromatic carbocycles. The topological polar surface area (TPSA) is 35.5 Å². The second-order valence-corrected chi connectivity index (χ2v) is 12.0. The quantitative estimate of drug-likeness (QED) is 0.254. The molecule has 0 spiro atoms. The molecule has 0 bridgehead atoms. The highest BCUT2D eigenvalue weighted by atomic mass is 28.4. The number of benzene rings is 3. The number of fused-ring (bicyclic) bond motifs is 1. The van der Waals surface area contributed by atoms with Crippen molar-refractivity contribution in [1.82, 2.24) is 0 Å². The van der Waals surface area contributed by atoms with Gasteiger partial charge in [-0.2, -0.15) is 0 Å². The minimum Gasteiger partial charge on any atom is -0.458 e. The van der Waals surface area contributed by atoms with Gasteiger partial charge < -0.3 is 9.16 Å². The third-order valence-corrected chi connectivity index (χ3v) is 10.8. The molecule has 0 saturated heterocycles. The van der Waals surface area contributed by atoms with Crippen LogP contribution in [0.3, 0.4) is 0 Å². The van der Waals surface area contributed by atoms with Crippen molar-refractivity contribution in [2.24, 2.45) is 5.92 Å². The summed E-state index contributed by atoms with van der Waals surface area (Å²) in [6, 6.07) is 32.2. The molecule has 32 heavy (non-hydrogen) atoms. The second-order valence-electron chi connectivity index (χ2n) is 8.71. The maximum absolute atomic E-state index is 11.5. The molecule has 0 amide bonds. The molecule has 1 saturated carbocycles. The van der Waals surface area contributed by atoms with Crippen LogP contribution in [0.2, 0.25) is 0 Å². The summed E-state index contributed by atoms with van der Waals surface area (Å²) in [6.07, 6.45) is 4.98. The van der Waals surface area contributed by atoms with Crippen molar-refractivity contribution in [2.75, 3.05) is 0 Å². The molecular formula is C28H28O3Si. The molecule has 3 aromatic rings. The summed E-state index contributed by atoms with van der Waals surface area (Å²) in [5.41, 5.74) is 1.39. The third kappa shape index (κ3) is 3.85. The number of ether oxygens (including phenoxy) is 1. The normalized spacial score (nSPS) is 22.3. The fourth-order valence-corrected chi connectivity index (χ4v) is 9.52. The van der Waals surface area contributed by atoms with Crippen LogP contribution in [0.15, 0.2) is 103 Å². The molecule has 0 aliphatic heterocycles. The summed E-state index contributed by atoms with van der Waals surface area (Å²) in [5, 5.41) is 3.76. The largest absolute Gasteiger partial charge is 0.458 e. The zero-order chi connectivity index (χ0) is 22.0. The number of carbonyl (C=O) groups excluding carboxylic acids is 1. The molecule has 3 nitrogen and oxygen atoms in total. The van der Waals surface area contributed by atoms with E-state index in [9.17, 15) is 4.79 Å². The summed E-state index contributed by atoms with van der Waals surface area (Å²) in [6.45, 7) is 1.48. The number of esters is 1. The van der Waals surface area contributed by atoms with Crippen molar-refractivity contribution in [2.45, 2.75) is 38.4 Å². The van der Waals surface area contributed by atoms with Crippen LogP contribution in [0.5, 0.6) is 0 Å². The fourth-order valence-electron chi connectivity index (χ4n) is 5.39. The van der Waals surface area contributed by atoms with Gasteiger partial charge in [0, 0.05) is 12.8 Å². The third-order valence-electron chi connectivity index (χ3n) is 6.72. The van der Waals surface area contributed by atoms with E-state index in [4.69, 9.17) is 9.16 Å². The van der Waals surface area contributed by atoms with Crippen molar-refractivity contribution in [3.8, 4) is 0 Å². The average Bonchev–Trinajstić information content (AvgIpc) is 3.39. The van der Waals surface area contributed by atoms with Crippen LogP contribution >= 0.6 is 0 Å². The van der Waals surface area contributed by atoms with Gasteiger partial charge in [-0.25, -0.2) is 0 Å². The van der Waals surface area contributed by atoms with Crippen LogP contribution in [0.1, 0.15) is 26.2 Å². The van der Waals surface area contributed by atoms with Crippen molar-refractivity contribution in [3.63, 3.8) is 0 Å². The van der Waals surface area contributed by atoms with Gasteiger partial charge >= 0.3 is 5.97 Å². The van der Waals surface area contributed by atoms with Gasteiger partial charge in [0.1, 0.15) is 6.10 Å². The zero-order valence-electron chi connectivity index (χ0n) is 18.3. The minimum atomic E-state index is -2.74. The van der Waals surface area contributed by atoms with Crippen molar-refractivity contribution < 1.29 is 14.0 Å². The molecule has 4 heteroatoms. The second kappa shape index (κ2) is 8.89. The standard InChI is InChI=1S/C28H28O3Si/c1-21(29)30-23-19-22-17-18-28(27(22)20-23)31-32(24-11-5-2-6-12-24,25-13-7-3-8-14-25)26-15-9-4-10-16-26/h2-16,19,23,27-28H,17-18,20H2,1H3/t23-,27-,28-/m0/s1. The smallest absolute Gasteiger partial charge is 0.303 e. The first-order valence-corrected chi connectivity index (χ1v) is 13.3. The van der Waals surface area contributed by atoms with Crippen molar-refractivity contribution >= 4 is 29.8 Å². The summed E-state index contributed by atoms with van der Waals surface area (Å²) < 4.78 is 12.9. The van der Waals surface area contributed by atoms with E-state index in [1.165, 1.54) is 28.1 Å². The Morgan fingerprint density at radius 2 is 1.31 bits per heavy atom. The van der Waals surface area contributed by atoms with E-state index in [0.29, 0.717) is 5.92 Å². The maximum atomic E-state index is 11.5. The van der Waals surface area contributed by atoms with E-state index in [2.05, 4.69) is 97.1 Å². The minimum absolute atomic E-state index is 0.106. The Morgan fingerprint density at radius 1 is 0.812 bits per heavy atom. The number of carbonyl (C=O) groups is 1. The van der Waals surface area contributed by atoms with E-state index >= 15 is 0 Å². The van der Waals surface area contributed by atoms with Crippen LogP contribution in [-0.2, 0) is 14.0 Å². The van der Waals surface area contributed by atoms with Crippen LogP contribution < -0.4 is 15.6 Å². The Kier molecular flexibility index (Phi) is 5.81. The monoisotopic (exact) mass is 440 g/mol. The Balaban J connectivity index is 1.59. The number of rotatable bonds is 6. The van der Waals surface area contributed by atoms with Gasteiger partial charge in [-0.15, -0.1) is 0 Å². The van der Waals surface area contributed by atoms with E-state index in [-0.39, 0.29) is 18.2 Å². The lowest BCUT2D eigenvalue weighted by molar-refractivity contribution is -0.144. The van der Waals surface area contributed by atoms with Gasteiger partial charge in [0.15, 0.2) is 0 Å².